The lowest BCUT2D eigenvalue weighted by atomic mass is 9.56. The zero-order valence-corrected chi connectivity index (χ0v) is 24.3. The molecule has 0 bridgehead atoms. The number of carbonyl (C=O) groups is 1. The molecule has 2 radical (unpaired) electrons. The minimum absolute atomic E-state index is 0.105. The van der Waals surface area contributed by atoms with Gasteiger partial charge in [-0.25, -0.2) is 4.98 Å². The summed E-state index contributed by atoms with van der Waals surface area (Å²) in [6, 6.07) is 18.6. The van der Waals surface area contributed by atoms with Gasteiger partial charge in [-0.15, -0.1) is 0 Å². The van der Waals surface area contributed by atoms with Gasteiger partial charge in [0.25, 0.3) is 5.91 Å². The summed E-state index contributed by atoms with van der Waals surface area (Å²) in [5.41, 5.74) is 5.67. The fourth-order valence-corrected chi connectivity index (χ4v) is 9.56. The van der Waals surface area contributed by atoms with Crippen molar-refractivity contribution in [2.75, 3.05) is 33.1 Å². The SMILES string of the molecule is C=C(C#N)CNc1c(OC)ccc2ccc(-c3cccc(C(=O)NC4CCC5(CC4)C4[Si]C4C5N(C)C)n3)cc12. The summed E-state index contributed by atoms with van der Waals surface area (Å²) in [6.07, 6.45) is 4.51. The first-order valence-electron chi connectivity index (χ1n) is 14.0. The highest BCUT2D eigenvalue weighted by molar-refractivity contribution is 6.56. The van der Waals surface area contributed by atoms with Crippen molar-refractivity contribution in [1.82, 2.24) is 15.2 Å². The van der Waals surface area contributed by atoms with Crippen molar-refractivity contribution in [3.05, 3.63) is 66.4 Å². The van der Waals surface area contributed by atoms with Crippen LogP contribution in [0.15, 0.2) is 60.7 Å². The predicted octanol–water partition coefficient (Wildman–Crippen LogP) is 5.30. The van der Waals surface area contributed by atoms with Crippen molar-refractivity contribution in [2.24, 2.45) is 5.41 Å². The lowest BCUT2D eigenvalue weighted by molar-refractivity contribution is -0.00573. The topological polar surface area (TPSA) is 90.3 Å². The van der Waals surface area contributed by atoms with E-state index in [9.17, 15) is 4.79 Å². The molecule has 2 aliphatic carbocycles. The molecule has 1 saturated heterocycles. The van der Waals surface area contributed by atoms with Crippen LogP contribution in [0.25, 0.3) is 22.0 Å². The largest absolute Gasteiger partial charge is 0.495 e. The maximum Gasteiger partial charge on any atom is 0.270 e. The Kier molecular flexibility index (Phi) is 6.89. The lowest BCUT2D eigenvalue weighted by Gasteiger charge is -2.55. The van der Waals surface area contributed by atoms with E-state index in [4.69, 9.17) is 15.0 Å². The molecule has 40 heavy (non-hydrogen) atoms. The number of hydrogen-bond donors (Lipinski definition) is 2. The van der Waals surface area contributed by atoms with Crippen LogP contribution in [0.1, 0.15) is 36.2 Å². The first-order chi connectivity index (χ1) is 19.3. The number of rotatable bonds is 8. The van der Waals surface area contributed by atoms with Crippen molar-refractivity contribution in [3.8, 4) is 23.1 Å². The summed E-state index contributed by atoms with van der Waals surface area (Å²) in [4.78, 5) is 20.5. The van der Waals surface area contributed by atoms with Crippen molar-refractivity contribution >= 4 is 31.9 Å². The van der Waals surface area contributed by atoms with Gasteiger partial charge in [0.1, 0.15) is 11.4 Å². The summed E-state index contributed by atoms with van der Waals surface area (Å²) >= 11 is 0. The normalized spacial score (nSPS) is 26.5. The van der Waals surface area contributed by atoms with Crippen LogP contribution in [0.4, 0.5) is 5.69 Å². The van der Waals surface area contributed by atoms with Gasteiger partial charge in [-0.05, 0) is 85.9 Å². The van der Waals surface area contributed by atoms with Crippen molar-refractivity contribution in [3.63, 3.8) is 0 Å². The molecule has 6 rings (SSSR count). The van der Waals surface area contributed by atoms with E-state index in [1.807, 2.05) is 42.5 Å². The molecule has 1 amide bonds. The zero-order chi connectivity index (χ0) is 28.0. The number of pyridine rings is 1. The molecule has 2 aromatic carbocycles. The number of aromatic nitrogens is 1. The third kappa shape index (κ3) is 4.57. The van der Waals surface area contributed by atoms with Crippen LogP contribution in [-0.2, 0) is 0 Å². The van der Waals surface area contributed by atoms with Gasteiger partial charge in [0.2, 0.25) is 0 Å². The molecule has 2 N–H and O–H groups in total. The van der Waals surface area contributed by atoms with Crippen LogP contribution in [-0.4, -0.2) is 65.1 Å². The van der Waals surface area contributed by atoms with E-state index in [1.54, 1.807) is 13.2 Å². The molecule has 2 heterocycles. The van der Waals surface area contributed by atoms with Gasteiger partial charge in [0, 0.05) is 44.7 Å². The van der Waals surface area contributed by atoms with Crippen LogP contribution in [0.5, 0.6) is 5.75 Å². The van der Waals surface area contributed by atoms with Crippen molar-refractivity contribution in [1.29, 1.82) is 5.26 Å². The van der Waals surface area contributed by atoms with Crippen LogP contribution >= 0.6 is 0 Å². The Morgan fingerprint density at radius 3 is 2.73 bits per heavy atom. The first-order valence-corrected chi connectivity index (χ1v) is 15.1. The van der Waals surface area contributed by atoms with Gasteiger partial charge in [-0.3, -0.25) is 4.79 Å². The Hall–Kier alpha value is -3.67. The van der Waals surface area contributed by atoms with Gasteiger partial charge < -0.3 is 20.3 Å². The molecule has 1 aliphatic heterocycles. The van der Waals surface area contributed by atoms with E-state index in [0.29, 0.717) is 29.0 Å². The van der Waals surface area contributed by atoms with Gasteiger partial charge in [0.15, 0.2) is 0 Å². The minimum Gasteiger partial charge on any atom is -0.495 e. The number of carbonyl (C=O) groups excluding carboxylic acids is 1. The summed E-state index contributed by atoms with van der Waals surface area (Å²) in [7, 11) is 7.23. The second-order valence-electron chi connectivity index (χ2n) is 11.6. The lowest BCUT2D eigenvalue weighted by Crippen LogP contribution is -2.54. The average Bonchev–Trinajstić information content (AvgIpc) is 3.71. The summed E-state index contributed by atoms with van der Waals surface area (Å²) in [5, 5.41) is 17.7. The van der Waals surface area contributed by atoms with Crippen LogP contribution < -0.4 is 15.4 Å². The number of fused-ring (bicyclic) bond motifs is 3. The molecule has 3 aliphatic rings. The third-order valence-electron chi connectivity index (χ3n) is 9.10. The number of hydrogen-bond acceptors (Lipinski definition) is 6. The van der Waals surface area contributed by atoms with E-state index in [-0.39, 0.29) is 11.9 Å². The van der Waals surface area contributed by atoms with Gasteiger partial charge >= 0.3 is 0 Å². The van der Waals surface area contributed by atoms with Crippen molar-refractivity contribution < 1.29 is 9.53 Å². The standard InChI is InChI=1S/C32H35N5O2Si/c1-19(17-33)18-34-27-23-16-21(9-8-20(23)10-11-26(27)39-4)24-6-5-7-25(36-24)31(38)35-22-12-14-32(15-13-22)29(37(2)3)28-30(32)40-28/h5-11,16,22,28-30,34H,1,12-15,18H2,2-4H3,(H,35,38). The number of nitrogens with one attached hydrogen (secondary N) is 2. The number of methoxy groups -OCH3 is 1. The average molecular weight is 550 g/mol. The Balaban J connectivity index is 1.18. The Bertz CT molecular complexity index is 1520. The van der Waals surface area contributed by atoms with E-state index < -0.39 is 0 Å². The molecular formula is C32H35N5O2Si. The quantitative estimate of drug-likeness (QED) is 0.293. The number of amides is 1. The first kappa shape index (κ1) is 26.5. The fraction of sp³-hybridized carbons (Fsp3) is 0.406. The molecule has 2 saturated carbocycles. The maximum atomic E-state index is 13.3. The van der Waals surface area contributed by atoms with E-state index in [0.717, 1.165) is 67.2 Å². The van der Waals surface area contributed by atoms with Gasteiger partial charge in [0.05, 0.1) is 24.6 Å². The van der Waals surface area contributed by atoms with Crippen LogP contribution in [0, 0.1) is 16.7 Å². The van der Waals surface area contributed by atoms with Crippen LogP contribution in [0.3, 0.4) is 0 Å². The minimum atomic E-state index is -0.105. The van der Waals surface area contributed by atoms with Crippen molar-refractivity contribution in [2.45, 2.75) is 48.8 Å². The highest BCUT2D eigenvalue weighted by atomic mass is 28.2. The summed E-state index contributed by atoms with van der Waals surface area (Å²) < 4.78 is 5.59. The molecule has 1 aromatic heterocycles. The van der Waals surface area contributed by atoms with E-state index in [1.165, 1.54) is 12.8 Å². The molecule has 7 nitrogen and oxygen atoms in total. The second-order valence-corrected chi connectivity index (χ2v) is 13.2. The van der Waals surface area contributed by atoms with E-state index in [2.05, 4.69) is 42.3 Å². The number of ether oxygens (including phenoxy) is 1. The Morgan fingerprint density at radius 2 is 2.00 bits per heavy atom. The Labute approximate surface area is 238 Å². The number of nitriles is 1. The van der Waals surface area contributed by atoms with Gasteiger partial charge in [-0.1, -0.05) is 30.8 Å². The molecule has 3 unspecified atom stereocenters. The molecule has 3 aromatic rings. The molecule has 1 spiro atoms. The second kappa shape index (κ2) is 10.4. The smallest absolute Gasteiger partial charge is 0.270 e. The third-order valence-corrected chi connectivity index (χ3v) is 11.0. The molecular weight excluding hydrogens is 514 g/mol. The monoisotopic (exact) mass is 549 g/mol. The maximum absolute atomic E-state index is 13.3. The molecule has 3 fully saturated rings. The molecule has 8 heteroatoms. The predicted molar refractivity (Wildman–Crippen MR) is 160 cm³/mol. The Morgan fingerprint density at radius 1 is 1.23 bits per heavy atom. The zero-order valence-electron chi connectivity index (χ0n) is 23.3. The van der Waals surface area contributed by atoms with Gasteiger partial charge in [-0.2, -0.15) is 5.26 Å². The highest BCUT2D eigenvalue weighted by Gasteiger charge is 2.71. The number of anilines is 1. The number of nitrogens with zero attached hydrogens (tertiary/aromatic N) is 3. The van der Waals surface area contributed by atoms with E-state index >= 15 is 0 Å². The summed E-state index contributed by atoms with van der Waals surface area (Å²) in [6.45, 7) is 4.10. The fourth-order valence-electron chi connectivity index (χ4n) is 7.14. The summed E-state index contributed by atoms with van der Waals surface area (Å²) in [5.74, 6) is 0.578. The number of benzene rings is 2. The highest BCUT2D eigenvalue weighted by Crippen LogP contribution is 2.76. The molecule has 204 valence electrons. The van der Waals surface area contributed by atoms with Crippen LogP contribution in [0.2, 0.25) is 11.1 Å². The molecule has 3 atom stereocenters.